The summed E-state index contributed by atoms with van der Waals surface area (Å²) in [6, 6.07) is 6.93. The maximum absolute atomic E-state index is 5.87. The van der Waals surface area contributed by atoms with E-state index < -0.39 is 0 Å². The zero-order valence-corrected chi connectivity index (χ0v) is 14.9. The Labute approximate surface area is 140 Å². The van der Waals surface area contributed by atoms with Gasteiger partial charge in [0, 0.05) is 26.8 Å². The third-order valence-electron chi connectivity index (χ3n) is 4.48. The van der Waals surface area contributed by atoms with Crippen molar-refractivity contribution in [2.45, 2.75) is 57.9 Å². The molecule has 0 radical (unpaired) electrons. The second-order valence-corrected chi connectivity index (χ2v) is 6.61. The molecule has 0 spiro atoms. The van der Waals surface area contributed by atoms with Crippen LogP contribution in [0, 0.1) is 0 Å². The topological polar surface area (TPSA) is 42.5 Å². The summed E-state index contributed by atoms with van der Waals surface area (Å²) in [5, 5.41) is 6.67. The molecule has 4 nitrogen and oxygen atoms in total. The Balaban J connectivity index is 2.19. The molecule has 0 amide bonds. The van der Waals surface area contributed by atoms with Crippen molar-refractivity contribution in [3.8, 4) is 0 Å². The highest BCUT2D eigenvalue weighted by Gasteiger charge is 2.40. The van der Waals surface area contributed by atoms with Crippen molar-refractivity contribution in [3.05, 3.63) is 47.3 Å². The Bertz CT molecular complexity index is 531. The Kier molecular flexibility index (Phi) is 6.08. The van der Waals surface area contributed by atoms with Crippen LogP contribution in [0.25, 0.3) is 0 Å². The summed E-state index contributed by atoms with van der Waals surface area (Å²) in [6.45, 7) is 9.60. The fourth-order valence-electron chi connectivity index (χ4n) is 3.18. The molecule has 0 unspecified atom stereocenters. The van der Waals surface area contributed by atoms with E-state index in [2.05, 4.69) is 49.3 Å². The SMILES string of the molecule is C=C(NCc1cc(COC)ccc1C1(OC)CCC1)NC(C)C. The molecule has 1 aromatic rings. The average Bonchev–Trinajstić information content (AvgIpc) is 2.46. The third kappa shape index (κ3) is 4.27. The van der Waals surface area contributed by atoms with Crippen LogP contribution < -0.4 is 10.6 Å². The highest BCUT2D eigenvalue weighted by Crippen LogP contribution is 2.45. The van der Waals surface area contributed by atoms with Crippen LogP contribution in [-0.4, -0.2) is 20.3 Å². The van der Waals surface area contributed by atoms with Crippen LogP contribution in [-0.2, 0) is 28.2 Å². The van der Waals surface area contributed by atoms with Crippen LogP contribution in [0.1, 0.15) is 49.8 Å². The zero-order chi connectivity index (χ0) is 16.9. The van der Waals surface area contributed by atoms with Crippen LogP contribution in [0.3, 0.4) is 0 Å². The van der Waals surface area contributed by atoms with Crippen molar-refractivity contribution in [2.24, 2.45) is 0 Å². The van der Waals surface area contributed by atoms with Gasteiger partial charge in [0.1, 0.15) is 0 Å². The second kappa shape index (κ2) is 7.84. The van der Waals surface area contributed by atoms with E-state index in [1.165, 1.54) is 23.1 Å². The van der Waals surface area contributed by atoms with Crippen LogP contribution in [0.4, 0.5) is 0 Å². The zero-order valence-electron chi connectivity index (χ0n) is 14.9. The van der Waals surface area contributed by atoms with E-state index in [0.29, 0.717) is 12.6 Å². The fourth-order valence-corrected chi connectivity index (χ4v) is 3.18. The predicted molar refractivity (Wildman–Crippen MR) is 93.9 cm³/mol. The number of nitrogens with one attached hydrogen (secondary N) is 2. The van der Waals surface area contributed by atoms with Gasteiger partial charge in [0.05, 0.1) is 18.0 Å². The Morgan fingerprint density at radius 1 is 1.30 bits per heavy atom. The fraction of sp³-hybridized carbons (Fsp3) is 0.579. The second-order valence-electron chi connectivity index (χ2n) is 6.61. The van der Waals surface area contributed by atoms with Crippen LogP contribution in [0.15, 0.2) is 30.6 Å². The van der Waals surface area contributed by atoms with Crippen molar-refractivity contribution in [2.75, 3.05) is 14.2 Å². The van der Waals surface area contributed by atoms with Gasteiger partial charge in [0.2, 0.25) is 0 Å². The quantitative estimate of drug-likeness (QED) is 0.732. The molecule has 23 heavy (non-hydrogen) atoms. The van der Waals surface area contributed by atoms with Gasteiger partial charge in [-0.25, -0.2) is 0 Å². The molecule has 1 aliphatic carbocycles. The predicted octanol–water partition coefficient (Wildman–Crippen LogP) is 3.42. The number of hydrogen-bond donors (Lipinski definition) is 2. The summed E-state index contributed by atoms with van der Waals surface area (Å²) < 4.78 is 11.1. The minimum Gasteiger partial charge on any atom is -0.380 e. The highest BCUT2D eigenvalue weighted by atomic mass is 16.5. The largest absolute Gasteiger partial charge is 0.380 e. The smallest absolute Gasteiger partial charge is 0.0930 e. The van der Waals surface area contributed by atoms with Gasteiger partial charge in [-0.2, -0.15) is 0 Å². The molecule has 0 aliphatic heterocycles. The van der Waals surface area contributed by atoms with E-state index in [-0.39, 0.29) is 5.60 Å². The average molecular weight is 318 g/mol. The van der Waals surface area contributed by atoms with Gasteiger partial charge in [-0.1, -0.05) is 24.8 Å². The molecule has 1 aliphatic rings. The number of methoxy groups -OCH3 is 2. The first-order valence-electron chi connectivity index (χ1n) is 8.36. The molecule has 0 saturated heterocycles. The van der Waals surface area contributed by atoms with Crippen molar-refractivity contribution in [1.82, 2.24) is 10.6 Å². The first-order valence-corrected chi connectivity index (χ1v) is 8.36. The van der Waals surface area contributed by atoms with Gasteiger partial charge in [0.15, 0.2) is 0 Å². The maximum Gasteiger partial charge on any atom is 0.0930 e. The molecule has 0 bridgehead atoms. The molecule has 2 rings (SSSR count). The number of benzene rings is 1. The van der Waals surface area contributed by atoms with E-state index in [1.54, 1.807) is 7.11 Å². The van der Waals surface area contributed by atoms with Crippen molar-refractivity contribution < 1.29 is 9.47 Å². The Morgan fingerprint density at radius 3 is 2.57 bits per heavy atom. The summed E-state index contributed by atoms with van der Waals surface area (Å²) in [4.78, 5) is 0. The summed E-state index contributed by atoms with van der Waals surface area (Å²) in [7, 11) is 3.54. The van der Waals surface area contributed by atoms with Crippen LogP contribution >= 0.6 is 0 Å². The van der Waals surface area contributed by atoms with Gasteiger partial charge >= 0.3 is 0 Å². The van der Waals surface area contributed by atoms with E-state index in [1.807, 2.05) is 7.11 Å². The minimum atomic E-state index is -0.116. The van der Waals surface area contributed by atoms with E-state index >= 15 is 0 Å². The Morgan fingerprint density at radius 2 is 2.04 bits per heavy atom. The van der Waals surface area contributed by atoms with Gasteiger partial charge in [-0.05, 0) is 49.8 Å². The van der Waals surface area contributed by atoms with Crippen molar-refractivity contribution in [1.29, 1.82) is 0 Å². The Hall–Kier alpha value is -1.52. The van der Waals surface area contributed by atoms with Crippen LogP contribution in [0.2, 0.25) is 0 Å². The van der Waals surface area contributed by atoms with E-state index in [0.717, 1.165) is 25.2 Å². The summed E-state index contributed by atoms with van der Waals surface area (Å²) >= 11 is 0. The molecule has 1 aromatic carbocycles. The number of ether oxygens (including phenoxy) is 2. The molecule has 128 valence electrons. The summed E-state index contributed by atoms with van der Waals surface area (Å²) in [5.74, 6) is 0.850. The van der Waals surface area contributed by atoms with Crippen LogP contribution in [0.5, 0.6) is 0 Å². The number of rotatable bonds is 9. The number of hydrogen-bond acceptors (Lipinski definition) is 4. The molecule has 1 saturated carbocycles. The van der Waals surface area contributed by atoms with Gasteiger partial charge in [0.25, 0.3) is 0 Å². The third-order valence-corrected chi connectivity index (χ3v) is 4.48. The van der Waals surface area contributed by atoms with E-state index in [4.69, 9.17) is 9.47 Å². The molecule has 4 heteroatoms. The monoisotopic (exact) mass is 318 g/mol. The summed E-state index contributed by atoms with van der Waals surface area (Å²) in [6.07, 6.45) is 3.40. The van der Waals surface area contributed by atoms with Gasteiger partial charge < -0.3 is 20.1 Å². The minimum absolute atomic E-state index is 0.116. The molecular formula is C19H30N2O2. The molecule has 2 N–H and O–H groups in total. The molecule has 0 aromatic heterocycles. The lowest BCUT2D eigenvalue weighted by Gasteiger charge is -2.42. The lowest BCUT2D eigenvalue weighted by Crippen LogP contribution is -2.38. The van der Waals surface area contributed by atoms with E-state index in [9.17, 15) is 0 Å². The first-order chi connectivity index (χ1) is 11.0. The van der Waals surface area contributed by atoms with Gasteiger partial charge in [-0.3, -0.25) is 0 Å². The van der Waals surface area contributed by atoms with Crippen molar-refractivity contribution in [3.63, 3.8) is 0 Å². The lowest BCUT2D eigenvalue weighted by molar-refractivity contribution is -0.0785. The van der Waals surface area contributed by atoms with Crippen molar-refractivity contribution >= 4 is 0 Å². The maximum atomic E-state index is 5.87. The normalized spacial score (nSPS) is 16.0. The summed E-state index contributed by atoms with van der Waals surface area (Å²) in [5.41, 5.74) is 3.61. The first kappa shape index (κ1) is 17.8. The van der Waals surface area contributed by atoms with Gasteiger partial charge in [-0.15, -0.1) is 0 Å². The molecule has 0 heterocycles. The molecule has 0 atom stereocenters. The standard InChI is InChI=1S/C19H30N2O2/c1-14(2)21-15(3)20-12-17-11-16(13-22-4)7-8-18(17)19(23-5)9-6-10-19/h7-8,11,14,20-21H,3,6,9-10,12-13H2,1-2,4-5H3. The molecule has 1 fully saturated rings. The highest BCUT2D eigenvalue weighted by molar-refractivity contribution is 5.38. The lowest BCUT2D eigenvalue weighted by atomic mass is 9.73. The molecular weight excluding hydrogens is 288 g/mol.